The van der Waals surface area contributed by atoms with Gasteiger partial charge in [-0.15, -0.1) is 0 Å². The van der Waals surface area contributed by atoms with Crippen molar-refractivity contribution in [3.05, 3.63) is 36.0 Å². The van der Waals surface area contributed by atoms with Gasteiger partial charge in [0, 0.05) is 25.0 Å². The second kappa shape index (κ2) is 9.80. The van der Waals surface area contributed by atoms with Gasteiger partial charge in [0.15, 0.2) is 0 Å². The molecule has 2 N–H and O–H groups in total. The van der Waals surface area contributed by atoms with E-state index in [0.717, 1.165) is 51.6 Å². The van der Waals surface area contributed by atoms with Crippen LogP contribution in [0.25, 0.3) is 0 Å². The largest absolute Gasteiger partial charge is 0.389 e. The molecule has 1 saturated carbocycles. The van der Waals surface area contributed by atoms with Crippen LogP contribution in [0, 0.1) is 5.92 Å². The molecule has 1 amide bonds. The predicted molar refractivity (Wildman–Crippen MR) is 119 cm³/mol. The van der Waals surface area contributed by atoms with Crippen molar-refractivity contribution >= 4 is 5.91 Å². The van der Waals surface area contributed by atoms with Crippen LogP contribution in [0.3, 0.4) is 0 Å². The molecule has 0 aromatic heterocycles. The third-order valence-corrected chi connectivity index (χ3v) is 6.41. The molecule has 2 aliphatic heterocycles. The number of nitrogens with one attached hydrogen (secondary N) is 1. The van der Waals surface area contributed by atoms with Gasteiger partial charge in [-0.3, -0.25) is 4.79 Å². The molecule has 0 unspecified atom stereocenters. The summed E-state index contributed by atoms with van der Waals surface area (Å²) in [6, 6.07) is 0.251. The lowest BCUT2D eigenvalue weighted by atomic mass is 9.83. The number of aliphatic hydroxyl groups is 1. The van der Waals surface area contributed by atoms with Crippen LogP contribution < -0.4 is 5.32 Å². The highest BCUT2D eigenvalue weighted by Gasteiger charge is 2.53. The predicted octanol–water partition coefficient (Wildman–Crippen LogP) is 4.22. The summed E-state index contributed by atoms with van der Waals surface area (Å²) in [6.07, 6.45) is 16.6. The average molecular weight is 418 g/mol. The van der Waals surface area contributed by atoms with Crippen LogP contribution in [-0.4, -0.2) is 47.1 Å². The second-order valence-corrected chi connectivity index (χ2v) is 10.1. The number of epoxide rings is 1. The SMILES string of the molecule is CC(C=C[C@@H]1C[C@]2(CO2)CC(C)(C)O1)=CCC1CCC(NC(=O)C=C[C@H](C)O)CC1. The van der Waals surface area contributed by atoms with E-state index in [2.05, 4.69) is 44.3 Å². The first-order chi connectivity index (χ1) is 14.1. The number of rotatable bonds is 7. The molecule has 5 nitrogen and oxygen atoms in total. The van der Waals surface area contributed by atoms with E-state index in [1.54, 1.807) is 6.92 Å². The highest BCUT2D eigenvalue weighted by Crippen LogP contribution is 2.46. The van der Waals surface area contributed by atoms with Crippen molar-refractivity contribution in [3.8, 4) is 0 Å². The summed E-state index contributed by atoms with van der Waals surface area (Å²) in [5.41, 5.74) is 1.22. The Kier molecular flexibility index (Phi) is 7.59. The molecule has 168 valence electrons. The Morgan fingerprint density at radius 3 is 2.57 bits per heavy atom. The van der Waals surface area contributed by atoms with E-state index in [0.29, 0.717) is 5.92 Å². The van der Waals surface area contributed by atoms with Crippen LogP contribution in [0.5, 0.6) is 0 Å². The minimum Gasteiger partial charge on any atom is -0.389 e. The zero-order valence-corrected chi connectivity index (χ0v) is 19.0. The van der Waals surface area contributed by atoms with E-state index in [1.165, 1.54) is 17.7 Å². The maximum atomic E-state index is 11.9. The Balaban J connectivity index is 1.39. The van der Waals surface area contributed by atoms with Crippen LogP contribution in [-0.2, 0) is 14.3 Å². The van der Waals surface area contributed by atoms with Crippen molar-refractivity contribution in [1.29, 1.82) is 0 Å². The van der Waals surface area contributed by atoms with Crippen molar-refractivity contribution in [2.45, 2.75) is 102 Å². The topological polar surface area (TPSA) is 71.1 Å². The van der Waals surface area contributed by atoms with Crippen molar-refractivity contribution in [2.24, 2.45) is 5.92 Å². The van der Waals surface area contributed by atoms with Gasteiger partial charge < -0.3 is 19.9 Å². The molecule has 3 rings (SSSR count). The summed E-state index contributed by atoms with van der Waals surface area (Å²) >= 11 is 0. The normalized spacial score (nSPS) is 35.1. The van der Waals surface area contributed by atoms with Crippen LogP contribution in [0.1, 0.15) is 72.6 Å². The molecule has 0 aromatic carbocycles. The summed E-state index contributed by atoms with van der Waals surface area (Å²) < 4.78 is 11.9. The molecule has 0 radical (unpaired) electrons. The number of carbonyl (C=O) groups excluding carboxylic acids is 1. The molecule has 2 saturated heterocycles. The van der Waals surface area contributed by atoms with Gasteiger partial charge in [0.25, 0.3) is 0 Å². The first kappa shape index (κ1) is 23.2. The van der Waals surface area contributed by atoms with Crippen molar-refractivity contribution < 1.29 is 19.4 Å². The number of ether oxygens (including phenoxy) is 2. The summed E-state index contributed by atoms with van der Waals surface area (Å²) in [7, 11) is 0. The van der Waals surface area contributed by atoms with E-state index in [1.807, 2.05) is 0 Å². The second-order valence-electron chi connectivity index (χ2n) is 10.1. The fraction of sp³-hybridized carbons (Fsp3) is 0.720. The van der Waals surface area contributed by atoms with E-state index in [9.17, 15) is 9.90 Å². The summed E-state index contributed by atoms with van der Waals surface area (Å²) in [5, 5.41) is 12.3. The van der Waals surface area contributed by atoms with Gasteiger partial charge in [0.05, 0.1) is 30.0 Å². The van der Waals surface area contributed by atoms with Gasteiger partial charge in [-0.25, -0.2) is 0 Å². The first-order valence-corrected chi connectivity index (χ1v) is 11.5. The lowest BCUT2D eigenvalue weighted by molar-refractivity contribution is -0.117. The molecular weight excluding hydrogens is 378 g/mol. The fourth-order valence-corrected chi connectivity index (χ4v) is 4.84. The minimum atomic E-state index is -0.588. The van der Waals surface area contributed by atoms with Crippen LogP contribution in [0.15, 0.2) is 36.0 Å². The minimum absolute atomic E-state index is 0.0641. The summed E-state index contributed by atoms with van der Waals surface area (Å²) in [4.78, 5) is 11.9. The number of hydrogen-bond acceptors (Lipinski definition) is 4. The maximum absolute atomic E-state index is 11.9. The lowest BCUT2D eigenvalue weighted by Crippen LogP contribution is -2.43. The summed E-state index contributed by atoms with van der Waals surface area (Å²) in [6.45, 7) is 8.98. The van der Waals surface area contributed by atoms with Gasteiger partial charge in [-0.05, 0) is 65.7 Å². The lowest BCUT2D eigenvalue weighted by Gasteiger charge is -2.38. The van der Waals surface area contributed by atoms with Gasteiger partial charge >= 0.3 is 0 Å². The number of amides is 1. The smallest absolute Gasteiger partial charge is 0.243 e. The zero-order chi connectivity index (χ0) is 21.8. The Morgan fingerprint density at radius 2 is 1.93 bits per heavy atom. The standard InChI is InChI=1S/C25H39NO4/c1-18(6-13-22-15-25(17-29-25)16-24(3,4)30-22)5-8-20-9-11-21(12-10-20)26-23(28)14-7-19(2)27/h5-7,13-14,19-22,27H,8-12,15-17H2,1-4H3,(H,26,28)/t19-,20?,21?,22+,25+/m0/s1. The van der Waals surface area contributed by atoms with Gasteiger partial charge in [0.2, 0.25) is 5.91 Å². The maximum Gasteiger partial charge on any atom is 0.243 e. The summed E-state index contributed by atoms with van der Waals surface area (Å²) in [5.74, 6) is 0.578. The number of aliphatic hydroxyl groups excluding tert-OH is 1. The molecule has 1 aliphatic carbocycles. The Hall–Kier alpha value is -1.43. The molecule has 30 heavy (non-hydrogen) atoms. The Bertz CT molecular complexity index is 673. The van der Waals surface area contributed by atoms with E-state index < -0.39 is 6.10 Å². The molecule has 5 heteroatoms. The van der Waals surface area contributed by atoms with Crippen LogP contribution in [0.4, 0.5) is 0 Å². The molecule has 1 spiro atoms. The van der Waals surface area contributed by atoms with E-state index in [4.69, 9.17) is 9.47 Å². The molecule has 3 atom stereocenters. The quantitative estimate of drug-likeness (QED) is 0.370. The van der Waals surface area contributed by atoms with Crippen molar-refractivity contribution in [2.75, 3.05) is 6.61 Å². The molecule has 3 aliphatic rings. The number of allylic oxidation sites excluding steroid dienone is 3. The first-order valence-electron chi connectivity index (χ1n) is 11.5. The molecule has 0 aromatic rings. The molecule has 3 fully saturated rings. The third-order valence-electron chi connectivity index (χ3n) is 6.41. The monoisotopic (exact) mass is 417 g/mol. The van der Waals surface area contributed by atoms with E-state index >= 15 is 0 Å². The number of carbonyl (C=O) groups is 1. The van der Waals surface area contributed by atoms with Gasteiger partial charge in [-0.1, -0.05) is 29.9 Å². The van der Waals surface area contributed by atoms with Crippen LogP contribution >= 0.6 is 0 Å². The fourth-order valence-electron chi connectivity index (χ4n) is 4.84. The van der Waals surface area contributed by atoms with E-state index in [-0.39, 0.29) is 29.3 Å². The van der Waals surface area contributed by atoms with Crippen molar-refractivity contribution in [3.63, 3.8) is 0 Å². The highest BCUT2D eigenvalue weighted by molar-refractivity contribution is 5.87. The molecule has 2 heterocycles. The van der Waals surface area contributed by atoms with Crippen LogP contribution in [0.2, 0.25) is 0 Å². The van der Waals surface area contributed by atoms with Gasteiger partial charge in [-0.2, -0.15) is 0 Å². The zero-order valence-electron chi connectivity index (χ0n) is 19.0. The average Bonchev–Trinajstić information content (AvgIpc) is 3.40. The highest BCUT2D eigenvalue weighted by atomic mass is 16.6. The molecule has 0 bridgehead atoms. The third kappa shape index (κ3) is 7.36. The van der Waals surface area contributed by atoms with Gasteiger partial charge in [0.1, 0.15) is 0 Å². The number of hydrogen-bond donors (Lipinski definition) is 2. The Morgan fingerprint density at radius 1 is 1.23 bits per heavy atom. The molecular formula is C25H39NO4. The Labute approximate surface area is 181 Å². The van der Waals surface area contributed by atoms with Crippen molar-refractivity contribution in [1.82, 2.24) is 5.32 Å².